The average Bonchev–Trinajstić information content (AvgIpc) is 2.94. The van der Waals surface area contributed by atoms with Crippen LogP contribution in [0.1, 0.15) is 22.3 Å². The van der Waals surface area contributed by atoms with E-state index in [9.17, 15) is 10.1 Å². The Morgan fingerprint density at radius 2 is 1.42 bits per heavy atom. The molecule has 3 nitrogen and oxygen atoms in total. The van der Waals surface area contributed by atoms with Crippen molar-refractivity contribution in [2.45, 2.75) is 25.7 Å². The summed E-state index contributed by atoms with van der Waals surface area (Å²) in [7, 11) is 0. The molecule has 26 heavy (non-hydrogen) atoms. The van der Waals surface area contributed by atoms with Crippen molar-refractivity contribution in [3.63, 3.8) is 0 Å². The Morgan fingerprint density at radius 3 is 2.15 bits per heavy atom. The minimum atomic E-state index is -0.246. The van der Waals surface area contributed by atoms with Crippen molar-refractivity contribution in [2.75, 3.05) is 0 Å². The van der Waals surface area contributed by atoms with Gasteiger partial charge in [-0.1, -0.05) is 12.1 Å². The molecule has 0 bridgehead atoms. The van der Waals surface area contributed by atoms with E-state index < -0.39 is 0 Å². The number of hydrogen-bond acceptors (Lipinski definition) is 3. The normalized spacial score (nSPS) is 14.6. The maximum absolute atomic E-state index is 11.6. The average molecular weight is 357 g/mol. The lowest BCUT2D eigenvalue weighted by molar-refractivity contribution is -0.384. The van der Waals surface area contributed by atoms with Crippen LogP contribution in [0.5, 0.6) is 0 Å². The van der Waals surface area contributed by atoms with E-state index in [4.69, 9.17) is 0 Å². The van der Waals surface area contributed by atoms with E-state index in [-0.39, 0.29) is 10.6 Å². The van der Waals surface area contributed by atoms with Gasteiger partial charge in [0.2, 0.25) is 0 Å². The predicted molar refractivity (Wildman–Crippen MR) is 106 cm³/mol. The summed E-state index contributed by atoms with van der Waals surface area (Å²) in [5.74, 6) is 0. The number of nitro groups is 1. The summed E-state index contributed by atoms with van der Waals surface area (Å²) in [5, 5.41) is 14.2. The summed E-state index contributed by atoms with van der Waals surface area (Å²) in [4.78, 5) is 11.3. The van der Waals surface area contributed by atoms with Crippen LogP contribution in [0.25, 0.3) is 31.3 Å². The fraction of sp³-hybridized carbons (Fsp3) is 0.182. The molecule has 0 unspecified atom stereocenters. The fourth-order valence-electron chi connectivity index (χ4n) is 4.25. The number of nitro benzene ring substituents is 1. The van der Waals surface area contributed by atoms with Crippen LogP contribution in [-0.2, 0) is 25.7 Å². The van der Waals surface area contributed by atoms with Gasteiger partial charge in [-0.05, 0) is 77.8 Å². The molecule has 0 N–H and O–H groups in total. The third-order valence-electron chi connectivity index (χ3n) is 5.95. The topological polar surface area (TPSA) is 43.1 Å². The Hall–Kier alpha value is -2.72. The van der Waals surface area contributed by atoms with Gasteiger partial charge in [-0.15, -0.1) is 11.3 Å². The van der Waals surface area contributed by atoms with Crippen LogP contribution >= 0.6 is 11.3 Å². The van der Waals surface area contributed by atoms with E-state index in [2.05, 4.69) is 24.3 Å². The highest BCUT2D eigenvalue weighted by Crippen LogP contribution is 2.42. The quantitative estimate of drug-likeness (QED) is 0.335. The Bertz CT molecular complexity index is 1270. The molecule has 0 saturated carbocycles. The van der Waals surface area contributed by atoms with E-state index in [1.807, 2.05) is 12.1 Å². The van der Waals surface area contributed by atoms with E-state index in [1.54, 1.807) is 17.4 Å². The Labute approximate surface area is 154 Å². The number of aryl methyl sites for hydroxylation is 4. The molecule has 126 valence electrons. The first-order valence-corrected chi connectivity index (χ1v) is 9.78. The maximum atomic E-state index is 11.6. The van der Waals surface area contributed by atoms with Crippen molar-refractivity contribution in [1.29, 1.82) is 0 Å². The van der Waals surface area contributed by atoms with Crippen LogP contribution in [0.15, 0.2) is 42.5 Å². The molecule has 4 heteroatoms. The number of fused-ring (bicyclic) bond motifs is 5. The zero-order valence-electron chi connectivity index (χ0n) is 14.0. The first kappa shape index (κ1) is 14.4. The lowest BCUT2D eigenvalue weighted by Crippen LogP contribution is -2.09. The Balaban J connectivity index is 1.58. The standard InChI is InChI=1S/C22H15NO2S/c24-23(25)20-9-14-3-1-12(14)7-18(20)16-5-6-17-19-8-13-2-4-15(13)10-22(19)26-21(17)11-16/h5-11H,1-4H2. The van der Waals surface area contributed by atoms with Crippen molar-refractivity contribution in [3.05, 3.63) is 74.8 Å². The molecule has 2 aliphatic carbocycles. The predicted octanol–water partition coefficient (Wildman–Crippen LogP) is 5.83. The van der Waals surface area contributed by atoms with Gasteiger partial charge in [0, 0.05) is 26.2 Å². The van der Waals surface area contributed by atoms with Gasteiger partial charge in [-0.2, -0.15) is 0 Å². The molecule has 3 aromatic carbocycles. The van der Waals surface area contributed by atoms with Crippen molar-refractivity contribution in [2.24, 2.45) is 0 Å². The van der Waals surface area contributed by atoms with Crippen molar-refractivity contribution < 1.29 is 4.92 Å². The van der Waals surface area contributed by atoms with Gasteiger partial charge in [0.05, 0.1) is 10.5 Å². The van der Waals surface area contributed by atoms with Gasteiger partial charge in [0.15, 0.2) is 0 Å². The van der Waals surface area contributed by atoms with Gasteiger partial charge < -0.3 is 0 Å². The van der Waals surface area contributed by atoms with Crippen molar-refractivity contribution in [3.8, 4) is 11.1 Å². The molecule has 0 aliphatic heterocycles. The van der Waals surface area contributed by atoms with E-state index in [1.165, 1.54) is 49.7 Å². The van der Waals surface area contributed by atoms with E-state index in [0.717, 1.165) is 29.5 Å². The SMILES string of the molecule is O=[N+]([O-])c1cc2c(cc1-c1ccc3c(c1)sc1cc4c(cc13)CC4)CC2. The van der Waals surface area contributed by atoms with Gasteiger partial charge in [-0.25, -0.2) is 0 Å². The fourth-order valence-corrected chi connectivity index (χ4v) is 5.44. The summed E-state index contributed by atoms with van der Waals surface area (Å²) in [6, 6.07) is 14.8. The monoisotopic (exact) mass is 357 g/mol. The van der Waals surface area contributed by atoms with Crippen LogP contribution in [0.3, 0.4) is 0 Å². The first-order valence-electron chi connectivity index (χ1n) is 8.96. The molecule has 2 aliphatic rings. The van der Waals surface area contributed by atoms with E-state index >= 15 is 0 Å². The van der Waals surface area contributed by atoms with E-state index in [0.29, 0.717) is 0 Å². The van der Waals surface area contributed by atoms with Crippen molar-refractivity contribution >= 4 is 37.2 Å². The van der Waals surface area contributed by atoms with Crippen LogP contribution in [0.4, 0.5) is 5.69 Å². The van der Waals surface area contributed by atoms with Crippen LogP contribution < -0.4 is 0 Å². The minimum Gasteiger partial charge on any atom is -0.258 e. The van der Waals surface area contributed by atoms with Crippen LogP contribution in [0.2, 0.25) is 0 Å². The molecule has 0 amide bonds. The highest BCUT2D eigenvalue weighted by atomic mass is 32.1. The number of hydrogen-bond donors (Lipinski definition) is 0. The summed E-state index contributed by atoms with van der Waals surface area (Å²) in [6.07, 6.45) is 4.35. The summed E-state index contributed by atoms with van der Waals surface area (Å²) in [6.45, 7) is 0. The molecule has 4 aromatic rings. The molecular weight excluding hydrogens is 342 g/mol. The summed E-state index contributed by atoms with van der Waals surface area (Å²) >= 11 is 1.79. The summed E-state index contributed by atoms with van der Waals surface area (Å²) in [5.41, 5.74) is 7.25. The molecule has 0 saturated heterocycles. The third kappa shape index (κ3) is 1.88. The lowest BCUT2D eigenvalue weighted by Gasteiger charge is -2.19. The number of nitrogens with zero attached hydrogens (tertiary/aromatic N) is 1. The van der Waals surface area contributed by atoms with Crippen LogP contribution in [-0.4, -0.2) is 4.92 Å². The molecule has 6 rings (SSSR count). The van der Waals surface area contributed by atoms with Gasteiger partial charge in [0.25, 0.3) is 5.69 Å². The number of thiophene rings is 1. The third-order valence-corrected chi connectivity index (χ3v) is 7.06. The second kappa shape index (κ2) is 4.92. The zero-order valence-corrected chi connectivity index (χ0v) is 14.9. The smallest absolute Gasteiger partial charge is 0.258 e. The minimum absolute atomic E-state index is 0.228. The maximum Gasteiger partial charge on any atom is 0.277 e. The molecule has 1 aromatic heterocycles. The second-order valence-corrected chi connectivity index (χ2v) is 8.41. The summed E-state index contributed by atoms with van der Waals surface area (Å²) < 4.78 is 2.53. The molecule has 1 heterocycles. The van der Waals surface area contributed by atoms with Gasteiger partial charge in [0.1, 0.15) is 0 Å². The highest BCUT2D eigenvalue weighted by molar-refractivity contribution is 7.25. The first-order chi connectivity index (χ1) is 12.7. The molecule has 0 fully saturated rings. The number of rotatable bonds is 2. The van der Waals surface area contributed by atoms with Crippen LogP contribution in [0, 0.1) is 10.1 Å². The Morgan fingerprint density at radius 1 is 0.769 bits per heavy atom. The number of benzene rings is 3. The molecular formula is C22H15NO2S. The van der Waals surface area contributed by atoms with Gasteiger partial charge in [-0.3, -0.25) is 10.1 Å². The van der Waals surface area contributed by atoms with Gasteiger partial charge >= 0.3 is 0 Å². The molecule has 0 radical (unpaired) electrons. The second-order valence-electron chi connectivity index (χ2n) is 7.33. The zero-order chi connectivity index (χ0) is 17.4. The largest absolute Gasteiger partial charge is 0.277 e. The lowest BCUT2D eigenvalue weighted by atomic mass is 9.85. The molecule has 0 atom stereocenters. The van der Waals surface area contributed by atoms with Crippen molar-refractivity contribution in [1.82, 2.24) is 0 Å². The highest BCUT2D eigenvalue weighted by Gasteiger charge is 2.24. The Kier molecular flexibility index (Phi) is 2.73. The molecule has 0 spiro atoms.